The summed E-state index contributed by atoms with van der Waals surface area (Å²) >= 11 is 1.45. The molecule has 0 aromatic carbocycles. The van der Waals surface area contributed by atoms with Gasteiger partial charge in [0.05, 0.1) is 5.51 Å². The Hall–Kier alpha value is -0.940. The van der Waals surface area contributed by atoms with E-state index in [1.807, 2.05) is 0 Å². The number of nitrogens with zero attached hydrogens (tertiary/aromatic N) is 2. The van der Waals surface area contributed by atoms with Gasteiger partial charge < -0.3 is 10.2 Å². The standard InChI is InChI=1S/C11H17N3OS/c1-14-5-3-2-4-9(14)6-12-11(15)10-7-16-8-13-10/h7-9H,2-6H2,1H3,(H,12,15). The predicted molar refractivity (Wildman–Crippen MR) is 64.7 cm³/mol. The molecule has 1 fully saturated rings. The zero-order chi connectivity index (χ0) is 11.4. The maximum Gasteiger partial charge on any atom is 0.270 e. The zero-order valence-electron chi connectivity index (χ0n) is 9.48. The molecule has 1 aromatic rings. The Balaban J connectivity index is 1.80. The van der Waals surface area contributed by atoms with Gasteiger partial charge in [-0.3, -0.25) is 4.79 Å². The first-order chi connectivity index (χ1) is 7.77. The summed E-state index contributed by atoms with van der Waals surface area (Å²) in [7, 11) is 2.12. The third-order valence-electron chi connectivity index (χ3n) is 3.08. The number of amides is 1. The summed E-state index contributed by atoms with van der Waals surface area (Å²) in [5.74, 6) is -0.0553. The van der Waals surface area contributed by atoms with E-state index >= 15 is 0 Å². The van der Waals surface area contributed by atoms with Crippen molar-refractivity contribution in [2.75, 3.05) is 20.1 Å². The molecule has 2 heterocycles. The van der Waals surface area contributed by atoms with Crippen LogP contribution in [0.2, 0.25) is 0 Å². The fourth-order valence-electron chi connectivity index (χ4n) is 2.03. The van der Waals surface area contributed by atoms with Crippen LogP contribution < -0.4 is 5.32 Å². The molecule has 0 spiro atoms. The van der Waals surface area contributed by atoms with Gasteiger partial charge >= 0.3 is 0 Å². The Morgan fingerprint density at radius 3 is 3.25 bits per heavy atom. The number of piperidine rings is 1. The van der Waals surface area contributed by atoms with Crippen molar-refractivity contribution in [1.82, 2.24) is 15.2 Å². The topological polar surface area (TPSA) is 45.2 Å². The number of carbonyl (C=O) groups excluding carboxylic acids is 1. The number of likely N-dealkylation sites (tertiary alicyclic amines) is 1. The maximum absolute atomic E-state index is 11.7. The van der Waals surface area contributed by atoms with Crippen LogP contribution >= 0.6 is 11.3 Å². The highest BCUT2D eigenvalue weighted by atomic mass is 32.1. The Morgan fingerprint density at radius 1 is 1.69 bits per heavy atom. The molecule has 2 rings (SSSR count). The highest BCUT2D eigenvalue weighted by Gasteiger charge is 2.19. The van der Waals surface area contributed by atoms with Gasteiger partial charge in [-0.1, -0.05) is 6.42 Å². The fourth-order valence-corrected chi connectivity index (χ4v) is 2.56. The fraction of sp³-hybridized carbons (Fsp3) is 0.636. The largest absolute Gasteiger partial charge is 0.349 e. The molecule has 16 heavy (non-hydrogen) atoms. The molecule has 5 heteroatoms. The van der Waals surface area contributed by atoms with Crippen LogP contribution in [0.3, 0.4) is 0 Å². The summed E-state index contributed by atoms with van der Waals surface area (Å²) in [5, 5.41) is 4.73. The predicted octanol–water partition coefficient (Wildman–Crippen LogP) is 1.36. The summed E-state index contributed by atoms with van der Waals surface area (Å²) in [4.78, 5) is 18.0. The molecular formula is C11H17N3OS. The van der Waals surface area contributed by atoms with Gasteiger partial charge in [-0.2, -0.15) is 0 Å². The lowest BCUT2D eigenvalue weighted by molar-refractivity contribution is 0.0924. The number of hydrogen-bond donors (Lipinski definition) is 1. The first-order valence-corrected chi connectivity index (χ1v) is 6.58. The number of thiazole rings is 1. The Bertz CT molecular complexity index is 339. The maximum atomic E-state index is 11.7. The monoisotopic (exact) mass is 239 g/mol. The van der Waals surface area contributed by atoms with Gasteiger partial charge in [0.25, 0.3) is 5.91 Å². The number of hydrogen-bond acceptors (Lipinski definition) is 4. The molecule has 1 unspecified atom stereocenters. The number of aromatic nitrogens is 1. The normalized spacial score (nSPS) is 21.9. The second-order valence-corrected chi connectivity index (χ2v) is 4.93. The number of carbonyl (C=O) groups is 1. The third-order valence-corrected chi connectivity index (χ3v) is 3.67. The summed E-state index contributed by atoms with van der Waals surface area (Å²) in [6.45, 7) is 1.87. The molecule has 0 radical (unpaired) electrons. The molecule has 88 valence electrons. The molecule has 0 bridgehead atoms. The van der Waals surface area contributed by atoms with Crippen molar-refractivity contribution >= 4 is 17.2 Å². The van der Waals surface area contributed by atoms with E-state index in [4.69, 9.17) is 0 Å². The van der Waals surface area contributed by atoms with Crippen molar-refractivity contribution in [3.05, 3.63) is 16.6 Å². The molecule has 1 aromatic heterocycles. The molecule has 1 amide bonds. The van der Waals surface area contributed by atoms with E-state index in [-0.39, 0.29) is 5.91 Å². The van der Waals surface area contributed by atoms with Crippen LogP contribution in [0.5, 0.6) is 0 Å². The lowest BCUT2D eigenvalue weighted by Crippen LogP contribution is -2.44. The summed E-state index contributed by atoms with van der Waals surface area (Å²) in [6, 6.07) is 0.483. The second-order valence-electron chi connectivity index (χ2n) is 4.21. The summed E-state index contributed by atoms with van der Waals surface area (Å²) in [5.41, 5.74) is 2.21. The molecule has 0 aliphatic carbocycles. The molecule has 0 saturated carbocycles. The average Bonchev–Trinajstić information content (AvgIpc) is 2.81. The van der Waals surface area contributed by atoms with Gasteiger partial charge in [-0.25, -0.2) is 4.98 Å². The van der Waals surface area contributed by atoms with Crippen LogP contribution in [0.1, 0.15) is 29.8 Å². The van der Waals surface area contributed by atoms with E-state index in [0.29, 0.717) is 11.7 Å². The SMILES string of the molecule is CN1CCCCC1CNC(=O)c1cscn1. The average molecular weight is 239 g/mol. The summed E-state index contributed by atoms with van der Waals surface area (Å²) in [6.07, 6.45) is 3.71. The quantitative estimate of drug-likeness (QED) is 0.866. The van der Waals surface area contributed by atoms with E-state index in [1.54, 1.807) is 10.9 Å². The van der Waals surface area contributed by atoms with E-state index < -0.39 is 0 Å². The Morgan fingerprint density at radius 2 is 2.56 bits per heavy atom. The minimum atomic E-state index is -0.0553. The summed E-state index contributed by atoms with van der Waals surface area (Å²) < 4.78 is 0. The molecular weight excluding hydrogens is 222 g/mol. The minimum absolute atomic E-state index is 0.0553. The molecule has 4 nitrogen and oxygen atoms in total. The molecule has 1 atom stereocenters. The minimum Gasteiger partial charge on any atom is -0.349 e. The van der Waals surface area contributed by atoms with Crippen molar-refractivity contribution in [1.29, 1.82) is 0 Å². The third kappa shape index (κ3) is 2.80. The van der Waals surface area contributed by atoms with Crippen molar-refractivity contribution in [2.24, 2.45) is 0 Å². The Labute approximate surface area is 99.7 Å². The number of nitrogens with one attached hydrogen (secondary N) is 1. The number of likely N-dealkylation sites (N-methyl/N-ethyl adjacent to an activating group) is 1. The van der Waals surface area contributed by atoms with Gasteiger partial charge in [0.1, 0.15) is 5.69 Å². The van der Waals surface area contributed by atoms with Crippen molar-refractivity contribution in [3.63, 3.8) is 0 Å². The van der Waals surface area contributed by atoms with Crippen LogP contribution in [-0.2, 0) is 0 Å². The molecule has 1 saturated heterocycles. The molecule has 1 aliphatic rings. The van der Waals surface area contributed by atoms with E-state index in [0.717, 1.165) is 13.1 Å². The van der Waals surface area contributed by atoms with E-state index in [9.17, 15) is 4.79 Å². The van der Waals surface area contributed by atoms with Gasteiger partial charge in [-0.15, -0.1) is 11.3 Å². The first-order valence-electron chi connectivity index (χ1n) is 5.64. The highest BCUT2D eigenvalue weighted by Crippen LogP contribution is 2.14. The number of rotatable bonds is 3. The van der Waals surface area contributed by atoms with E-state index in [2.05, 4.69) is 22.2 Å². The van der Waals surface area contributed by atoms with Crippen LogP contribution in [-0.4, -0.2) is 42.0 Å². The van der Waals surface area contributed by atoms with E-state index in [1.165, 1.54) is 30.6 Å². The van der Waals surface area contributed by atoms with Gasteiger partial charge in [0.15, 0.2) is 0 Å². The van der Waals surface area contributed by atoms with Crippen molar-refractivity contribution in [3.8, 4) is 0 Å². The second kappa shape index (κ2) is 5.41. The van der Waals surface area contributed by atoms with Crippen LogP contribution in [0, 0.1) is 0 Å². The molecule has 1 aliphatic heterocycles. The van der Waals surface area contributed by atoms with Gasteiger partial charge in [0, 0.05) is 18.0 Å². The zero-order valence-corrected chi connectivity index (χ0v) is 10.3. The van der Waals surface area contributed by atoms with Crippen molar-refractivity contribution in [2.45, 2.75) is 25.3 Å². The van der Waals surface area contributed by atoms with Crippen LogP contribution in [0.25, 0.3) is 0 Å². The van der Waals surface area contributed by atoms with Gasteiger partial charge in [0.2, 0.25) is 0 Å². The molecule has 1 N–H and O–H groups in total. The first kappa shape index (κ1) is 11.5. The smallest absolute Gasteiger partial charge is 0.270 e. The van der Waals surface area contributed by atoms with Crippen molar-refractivity contribution < 1.29 is 4.79 Å². The van der Waals surface area contributed by atoms with Crippen LogP contribution in [0.15, 0.2) is 10.9 Å². The highest BCUT2D eigenvalue weighted by molar-refractivity contribution is 7.07. The lowest BCUT2D eigenvalue weighted by Gasteiger charge is -2.32. The Kier molecular flexibility index (Phi) is 3.90. The van der Waals surface area contributed by atoms with Crippen LogP contribution in [0.4, 0.5) is 0 Å². The lowest BCUT2D eigenvalue weighted by atomic mass is 10.0. The van der Waals surface area contributed by atoms with Gasteiger partial charge in [-0.05, 0) is 26.4 Å².